The summed E-state index contributed by atoms with van der Waals surface area (Å²) >= 11 is 0. The fourth-order valence-corrected chi connectivity index (χ4v) is 2.41. The highest BCUT2D eigenvalue weighted by molar-refractivity contribution is 5.50. The number of ether oxygens (including phenoxy) is 2. The van der Waals surface area contributed by atoms with Gasteiger partial charge in [0.25, 0.3) is 5.69 Å². The highest BCUT2D eigenvalue weighted by Gasteiger charge is 2.15. The number of nitrogens with zero attached hydrogens (tertiary/aromatic N) is 1. The average molecular weight is 330 g/mol. The molecule has 7 nitrogen and oxygen atoms in total. The highest BCUT2D eigenvalue weighted by Crippen LogP contribution is 2.31. The molecule has 0 aliphatic rings. The Kier molecular flexibility index (Phi) is 5.73. The van der Waals surface area contributed by atoms with Gasteiger partial charge in [-0.05, 0) is 29.7 Å². The van der Waals surface area contributed by atoms with Gasteiger partial charge in [0.05, 0.1) is 25.2 Å². The maximum Gasteiger partial charge on any atom is 0.269 e. The second-order valence-corrected chi connectivity index (χ2v) is 5.08. The van der Waals surface area contributed by atoms with Crippen molar-refractivity contribution in [2.75, 3.05) is 14.2 Å². The first-order chi connectivity index (χ1) is 11.6. The lowest BCUT2D eigenvalue weighted by atomic mass is 9.98. The molecule has 2 aromatic carbocycles. The third-order valence-corrected chi connectivity index (χ3v) is 3.67. The van der Waals surface area contributed by atoms with E-state index in [-0.39, 0.29) is 11.7 Å². The maximum absolute atomic E-state index is 10.9. The zero-order valence-corrected chi connectivity index (χ0v) is 13.4. The zero-order chi connectivity index (χ0) is 17.5. The van der Waals surface area contributed by atoms with Crippen molar-refractivity contribution in [3.8, 4) is 11.5 Å². The molecule has 1 amide bonds. The lowest BCUT2D eigenvalue weighted by Gasteiger charge is -2.18. The van der Waals surface area contributed by atoms with Crippen molar-refractivity contribution in [1.29, 1.82) is 0 Å². The number of amides is 1. The van der Waals surface area contributed by atoms with Crippen LogP contribution in [0.5, 0.6) is 11.5 Å². The van der Waals surface area contributed by atoms with Gasteiger partial charge in [0.2, 0.25) is 6.41 Å². The van der Waals surface area contributed by atoms with Crippen LogP contribution in [0.3, 0.4) is 0 Å². The van der Waals surface area contributed by atoms with Gasteiger partial charge >= 0.3 is 0 Å². The van der Waals surface area contributed by atoms with Crippen LogP contribution in [0.2, 0.25) is 0 Å². The first-order valence-corrected chi connectivity index (χ1v) is 7.24. The molecule has 0 spiro atoms. The van der Waals surface area contributed by atoms with Gasteiger partial charge in [-0.3, -0.25) is 14.9 Å². The Labute approximate surface area is 139 Å². The van der Waals surface area contributed by atoms with Crippen molar-refractivity contribution in [1.82, 2.24) is 5.32 Å². The minimum absolute atomic E-state index is 0.0322. The Morgan fingerprint density at radius 1 is 1.12 bits per heavy atom. The summed E-state index contributed by atoms with van der Waals surface area (Å²) in [6.07, 6.45) is 1.12. The topological polar surface area (TPSA) is 90.7 Å². The number of carbonyl (C=O) groups is 1. The molecule has 2 aromatic rings. The predicted octanol–water partition coefficient (Wildman–Crippen LogP) is 2.64. The van der Waals surface area contributed by atoms with Crippen LogP contribution in [-0.4, -0.2) is 25.6 Å². The van der Waals surface area contributed by atoms with E-state index in [1.165, 1.54) is 12.1 Å². The molecule has 0 fully saturated rings. The summed E-state index contributed by atoms with van der Waals surface area (Å²) in [5.74, 6) is 1.16. The van der Waals surface area contributed by atoms with E-state index in [2.05, 4.69) is 5.32 Å². The third kappa shape index (κ3) is 4.01. The number of rotatable bonds is 8. The van der Waals surface area contributed by atoms with E-state index in [0.29, 0.717) is 24.3 Å². The fourth-order valence-electron chi connectivity index (χ4n) is 2.41. The van der Waals surface area contributed by atoms with Crippen LogP contribution in [0.4, 0.5) is 5.69 Å². The predicted molar refractivity (Wildman–Crippen MR) is 88.3 cm³/mol. The molecule has 0 radical (unpaired) electrons. The summed E-state index contributed by atoms with van der Waals surface area (Å²) in [4.78, 5) is 21.2. The summed E-state index contributed by atoms with van der Waals surface area (Å²) < 4.78 is 10.5. The largest absolute Gasteiger partial charge is 0.493 e. The highest BCUT2D eigenvalue weighted by atomic mass is 16.6. The Morgan fingerprint density at radius 2 is 1.79 bits per heavy atom. The van der Waals surface area contributed by atoms with E-state index in [9.17, 15) is 14.9 Å². The van der Waals surface area contributed by atoms with Crippen LogP contribution in [0.1, 0.15) is 17.2 Å². The number of methoxy groups -OCH3 is 2. The van der Waals surface area contributed by atoms with Gasteiger partial charge in [0.15, 0.2) is 11.5 Å². The van der Waals surface area contributed by atoms with E-state index in [0.717, 1.165) is 11.1 Å². The lowest BCUT2D eigenvalue weighted by molar-refractivity contribution is -0.384. The molecule has 126 valence electrons. The molecular formula is C17H18N2O5. The van der Waals surface area contributed by atoms with E-state index >= 15 is 0 Å². The van der Waals surface area contributed by atoms with E-state index in [1.54, 1.807) is 38.5 Å². The number of benzene rings is 2. The van der Waals surface area contributed by atoms with Gasteiger partial charge in [-0.1, -0.05) is 18.2 Å². The Morgan fingerprint density at radius 3 is 2.33 bits per heavy atom. The molecule has 0 saturated carbocycles. The fraction of sp³-hybridized carbons (Fsp3) is 0.235. The minimum atomic E-state index is -0.445. The minimum Gasteiger partial charge on any atom is -0.493 e. The molecular weight excluding hydrogens is 312 g/mol. The molecule has 0 heterocycles. The van der Waals surface area contributed by atoms with Crippen LogP contribution in [0.15, 0.2) is 42.5 Å². The second-order valence-electron chi connectivity index (χ2n) is 5.08. The van der Waals surface area contributed by atoms with Crippen molar-refractivity contribution in [2.24, 2.45) is 0 Å². The molecule has 7 heteroatoms. The van der Waals surface area contributed by atoms with Gasteiger partial charge in [0.1, 0.15) is 0 Å². The summed E-state index contributed by atoms with van der Waals surface area (Å²) in [7, 11) is 3.09. The standard InChI is InChI=1S/C17H18N2O5/c1-23-16-8-5-13(10-17(16)24-2)15(18-11-20)9-12-3-6-14(7-4-12)19(21)22/h3-8,10-11,15H,9H2,1-2H3,(H,18,20). The van der Waals surface area contributed by atoms with Gasteiger partial charge in [0, 0.05) is 12.1 Å². The molecule has 2 rings (SSSR count). The van der Waals surface area contributed by atoms with E-state index in [4.69, 9.17) is 9.47 Å². The number of nitro groups is 1. The molecule has 24 heavy (non-hydrogen) atoms. The molecule has 1 unspecified atom stereocenters. The number of hydrogen-bond acceptors (Lipinski definition) is 5. The second kappa shape index (κ2) is 7.96. The number of non-ortho nitro benzene ring substituents is 1. The molecule has 1 atom stereocenters. The molecule has 0 aromatic heterocycles. The van der Waals surface area contributed by atoms with Gasteiger partial charge in [-0.15, -0.1) is 0 Å². The van der Waals surface area contributed by atoms with Crippen molar-refractivity contribution >= 4 is 12.1 Å². The lowest BCUT2D eigenvalue weighted by Crippen LogP contribution is -2.21. The molecule has 0 aliphatic heterocycles. The number of hydrogen-bond donors (Lipinski definition) is 1. The number of nitrogens with one attached hydrogen (secondary N) is 1. The first kappa shape index (κ1) is 17.3. The van der Waals surface area contributed by atoms with Gasteiger partial charge in [-0.25, -0.2) is 0 Å². The average Bonchev–Trinajstić information content (AvgIpc) is 2.61. The normalized spacial score (nSPS) is 11.4. The van der Waals surface area contributed by atoms with Crippen LogP contribution in [0, 0.1) is 10.1 Å². The van der Waals surface area contributed by atoms with Crippen LogP contribution in [0.25, 0.3) is 0 Å². The van der Waals surface area contributed by atoms with Crippen molar-refractivity contribution in [3.63, 3.8) is 0 Å². The summed E-state index contributed by atoms with van der Waals surface area (Å²) in [6, 6.07) is 11.4. The Bertz CT molecular complexity index is 715. The Hall–Kier alpha value is -3.09. The zero-order valence-electron chi connectivity index (χ0n) is 13.4. The third-order valence-electron chi connectivity index (χ3n) is 3.67. The van der Waals surface area contributed by atoms with Crippen LogP contribution >= 0.6 is 0 Å². The van der Waals surface area contributed by atoms with E-state index in [1.807, 2.05) is 6.07 Å². The SMILES string of the molecule is COc1ccc(C(Cc2ccc([N+](=O)[O-])cc2)NC=O)cc1OC. The van der Waals surface area contributed by atoms with Crippen LogP contribution in [-0.2, 0) is 11.2 Å². The van der Waals surface area contributed by atoms with Crippen molar-refractivity contribution < 1.29 is 19.2 Å². The summed E-state index contributed by atoms with van der Waals surface area (Å²) in [6.45, 7) is 0. The van der Waals surface area contributed by atoms with Crippen molar-refractivity contribution in [3.05, 3.63) is 63.7 Å². The first-order valence-electron chi connectivity index (χ1n) is 7.24. The van der Waals surface area contributed by atoms with Crippen LogP contribution < -0.4 is 14.8 Å². The van der Waals surface area contributed by atoms with Gasteiger partial charge in [-0.2, -0.15) is 0 Å². The van der Waals surface area contributed by atoms with Gasteiger partial charge < -0.3 is 14.8 Å². The number of carbonyl (C=O) groups excluding carboxylic acids is 1. The summed E-state index contributed by atoms with van der Waals surface area (Å²) in [5.41, 5.74) is 1.75. The van der Waals surface area contributed by atoms with Crippen molar-refractivity contribution in [2.45, 2.75) is 12.5 Å². The van der Waals surface area contributed by atoms with E-state index < -0.39 is 4.92 Å². The quantitative estimate of drug-likeness (QED) is 0.456. The smallest absolute Gasteiger partial charge is 0.269 e. The molecule has 0 bridgehead atoms. The molecule has 0 saturated heterocycles. The Balaban J connectivity index is 2.25. The summed E-state index contributed by atoms with van der Waals surface area (Å²) in [5, 5.41) is 13.5. The number of nitro benzene ring substituents is 1. The maximum atomic E-state index is 10.9. The molecule has 1 N–H and O–H groups in total. The molecule has 0 aliphatic carbocycles. The monoisotopic (exact) mass is 330 g/mol.